The Labute approximate surface area is 92.8 Å². The summed E-state index contributed by atoms with van der Waals surface area (Å²) in [5, 5.41) is 3.10. The van der Waals surface area contributed by atoms with Crippen LogP contribution in [0.1, 0.15) is 46.5 Å². The van der Waals surface area contributed by atoms with Crippen molar-refractivity contribution in [1.29, 1.82) is 0 Å². The Balaban J connectivity index is 2.32. The molecule has 1 aliphatic rings. The highest BCUT2D eigenvalue weighted by Gasteiger charge is 2.23. The van der Waals surface area contributed by atoms with E-state index in [2.05, 4.69) is 12.2 Å². The molecule has 0 aromatic carbocycles. The van der Waals surface area contributed by atoms with Gasteiger partial charge in [0.05, 0.1) is 0 Å². The average Bonchev–Trinajstić information content (AvgIpc) is 2.20. The first-order valence-electron chi connectivity index (χ1n) is 6.06. The number of carbonyl (C=O) groups excluding carboxylic acids is 1. The second-order valence-electron chi connectivity index (χ2n) is 5.11. The lowest BCUT2D eigenvalue weighted by atomic mass is 9.87. The normalized spacial score (nSPS) is 30.7. The molecule has 1 amide bonds. The van der Waals surface area contributed by atoms with Gasteiger partial charge in [-0.2, -0.15) is 0 Å². The monoisotopic (exact) mass is 212 g/mol. The van der Waals surface area contributed by atoms with Crippen molar-refractivity contribution in [2.45, 2.75) is 58.5 Å². The van der Waals surface area contributed by atoms with Gasteiger partial charge in [-0.15, -0.1) is 0 Å². The summed E-state index contributed by atoms with van der Waals surface area (Å²) < 4.78 is 0. The van der Waals surface area contributed by atoms with Crippen LogP contribution in [0.3, 0.4) is 0 Å². The van der Waals surface area contributed by atoms with Gasteiger partial charge in [-0.3, -0.25) is 4.79 Å². The Kier molecular flexibility index (Phi) is 4.58. The predicted octanol–water partition coefficient (Wildman–Crippen LogP) is 1.66. The number of rotatable bonds is 3. The van der Waals surface area contributed by atoms with Crippen LogP contribution in [0.2, 0.25) is 0 Å². The largest absolute Gasteiger partial charge is 0.353 e. The summed E-state index contributed by atoms with van der Waals surface area (Å²) in [6, 6.07) is 0.322. The van der Waals surface area contributed by atoms with Crippen molar-refractivity contribution in [1.82, 2.24) is 5.32 Å². The van der Waals surface area contributed by atoms with E-state index in [0.29, 0.717) is 6.04 Å². The number of amides is 1. The van der Waals surface area contributed by atoms with Crippen molar-refractivity contribution in [3.05, 3.63) is 0 Å². The Bertz CT molecular complexity index is 208. The molecule has 0 saturated heterocycles. The number of nitrogens with one attached hydrogen (secondary N) is 1. The zero-order valence-electron chi connectivity index (χ0n) is 10.1. The molecule has 2 unspecified atom stereocenters. The zero-order valence-corrected chi connectivity index (χ0v) is 10.1. The Morgan fingerprint density at radius 1 is 1.27 bits per heavy atom. The van der Waals surface area contributed by atoms with E-state index in [-0.39, 0.29) is 17.9 Å². The van der Waals surface area contributed by atoms with E-state index in [1.54, 1.807) is 0 Å². The van der Waals surface area contributed by atoms with E-state index in [1.807, 2.05) is 13.8 Å². The minimum absolute atomic E-state index is 0.0625. The molecule has 3 nitrogen and oxygen atoms in total. The van der Waals surface area contributed by atoms with Crippen LogP contribution in [0, 0.1) is 11.8 Å². The first-order chi connectivity index (χ1) is 7.00. The lowest BCUT2D eigenvalue weighted by molar-refractivity contribution is -0.125. The molecule has 3 heteroatoms. The molecule has 1 rings (SSSR count). The first-order valence-corrected chi connectivity index (χ1v) is 6.06. The van der Waals surface area contributed by atoms with Crippen molar-refractivity contribution in [3.63, 3.8) is 0 Å². The molecule has 3 N–H and O–H groups in total. The van der Waals surface area contributed by atoms with E-state index in [9.17, 15) is 4.79 Å². The fraction of sp³-hybridized carbons (Fsp3) is 0.917. The molecule has 0 radical (unpaired) electrons. The lowest BCUT2D eigenvalue weighted by Crippen LogP contribution is -2.44. The predicted molar refractivity (Wildman–Crippen MR) is 62.4 cm³/mol. The third-order valence-corrected chi connectivity index (χ3v) is 3.56. The minimum Gasteiger partial charge on any atom is -0.353 e. The second kappa shape index (κ2) is 5.50. The van der Waals surface area contributed by atoms with Crippen LogP contribution in [0.5, 0.6) is 0 Å². The van der Waals surface area contributed by atoms with E-state index in [1.165, 1.54) is 12.8 Å². The lowest BCUT2D eigenvalue weighted by Gasteiger charge is -2.28. The van der Waals surface area contributed by atoms with Crippen LogP contribution in [0.15, 0.2) is 0 Å². The molecule has 2 atom stereocenters. The Morgan fingerprint density at radius 2 is 1.80 bits per heavy atom. The van der Waals surface area contributed by atoms with Crippen LogP contribution < -0.4 is 11.1 Å². The Morgan fingerprint density at radius 3 is 2.27 bits per heavy atom. The maximum absolute atomic E-state index is 11.7. The maximum atomic E-state index is 11.7. The molecule has 1 saturated carbocycles. The van der Waals surface area contributed by atoms with Crippen molar-refractivity contribution in [2.75, 3.05) is 0 Å². The molecule has 1 fully saturated rings. The average molecular weight is 212 g/mol. The first kappa shape index (κ1) is 12.5. The summed E-state index contributed by atoms with van der Waals surface area (Å²) in [7, 11) is 0. The van der Waals surface area contributed by atoms with Crippen molar-refractivity contribution >= 4 is 5.91 Å². The van der Waals surface area contributed by atoms with Gasteiger partial charge >= 0.3 is 0 Å². The van der Waals surface area contributed by atoms with E-state index in [4.69, 9.17) is 5.73 Å². The van der Waals surface area contributed by atoms with Crippen molar-refractivity contribution < 1.29 is 4.79 Å². The fourth-order valence-corrected chi connectivity index (χ4v) is 1.98. The fourth-order valence-electron chi connectivity index (χ4n) is 1.98. The van der Waals surface area contributed by atoms with Crippen LogP contribution >= 0.6 is 0 Å². The molecule has 0 bridgehead atoms. The molecule has 15 heavy (non-hydrogen) atoms. The van der Waals surface area contributed by atoms with Crippen molar-refractivity contribution in [3.8, 4) is 0 Å². The quantitative estimate of drug-likeness (QED) is 0.747. The third kappa shape index (κ3) is 3.82. The number of nitrogens with two attached hydrogens (primary N) is 1. The van der Waals surface area contributed by atoms with Crippen LogP contribution in [0.25, 0.3) is 0 Å². The number of hydrogen-bond donors (Lipinski definition) is 2. The van der Waals surface area contributed by atoms with Gasteiger partial charge in [0.15, 0.2) is 0 Å². The van der Waals surface area contributed by atoms with Gasteiger partial charge in [0.25, 0.3) is 0 Å². The SMILES string of the molecule is CC1CCC(NC(=O)C(C)C(C)N)CC1. The van der Waals surface area contributed by atoms with Crippen LogP contribution in [0.4, 0.5) is 0 Å². The van der Waals surface area contributed by atoms with Gasteiger partial charge in [0, 0.05) is 18.0 Å². The van der Waals surface area contributed by atoms with Gasteiger partial charge in [0.2, 0.25) is 5.91 Å². The number of hydrogen-bond acceptors (Lipinski definition) is 2. The second-order valence-corrected chi connectivity index (χ2v) is 5.11. The van der Waals surface area contributed by atoms with E-state index < -0.39 is 0 Å². The van der Waals surface area contributed by atoms with Crippen molar-refractivity contribution in [2.24, 2.45) is 17.6 Å². The molecule has 88 valence electrons. The highest BCUT2D eigenvalue weighted by atomic mass is 16.1. The molecule has 0 aromatic rings. The molecule has 0 aliphatic heterocycles. The number of carbonyl (C=O) groups is 1. The summed E-state index contributed by atoms with van der Waals surface area (Å²) in [5.41, 5.74) is 5.70. The molecule has 1 aliphatic carbocycles. The van der Waals surface area contributed by atoms with Gasteiger partial charge in [-0.25, -0.2) is 0 Å². The highest BCUT2D eigenvalue weighted by molar-refractivity contribution is 5.79. The third-order valence-electron chi connectivity index (χ3n) is 3.56. The van der Waals surface area contributed by atoms with Gasteiger partial charge in [-0.05, 0) is 38.5 Å². The zero-order chi connectivity index (χ0) is 11.4. The summed E-state index contributed by atoms with van der Waals surface area (Å²) in [4.78, 5) is 11.7. The molecule has 0 heterocycles. The van der Waals surface area contributed by atoms with E-state index in [0.717, 1.165) is 18.8 Å². The molecular weight excluding hydrogens is 188 g/mol. The van der Waals surface area contributed by atoms with Crippen LogP contribution in [-0.4, -0.2) is 18.0 Å². The smallest absolute Gasteiger partial charge is 0.224 e. The molecular formula is C12H24N2O. The Hall–Kier alpha value is -0.570. The summed E-state index contributed by atoms with van der Waals surface area (Å²) in [5.74, 6) is 0.859. The van der Waals surface area contributed by atoms with Gasteiger partial charge in [-0.1, -0.05) is 13.8 Å². The highest BCUT2D eigenvalue weighted by Crippen LogP contribution is 2.23. The summed E-state index contributed by atoms with van der Waals surface area (Å²) in [6.45, 7) is 6.06. The molecule has 0 spiro atoms. The van der Waals surface area contributed by atoms with Gasteiger partial charge in [0.1, 0.15) is 0 Å². The standard InChI is InChI=1S/C12H24N2O/c1-8-4-6-11(7-5-8)14-12(15)9(2)10(3)13/h8-11H,4-7,13H2,1-3H3,(H,14,15). The minimum atomic E-state index is -0.0793. The van der Waals surface area contributed by atoms with Gasteiger partial charge < -0.3 is 11.1 Å². The molecule has 0 aromatic heterocycles. The summed E-state index contributed by atoms with van der Waals surface area (Å²) in [6.07, 6.45) is 4.71. The maximum Gasteiger partial charge on any atom is 0.224 e. The summed E-state index contributed by atoms with van der Waals surface area (Å²) >= 11 is 0. The van der Waals surface area contributed by atoms with Crippen LogP contribution in [-0.2, 0) is 4.79 Å². The topological polar surface area (TPSA) is 55.1 Å². The van der Waals surface area contributed by atoms with E-state index >= 15 is 0 Å².